The summed E-state index contributed by atoms with van der Waals surface area (Å²) in [4.78, 5) is 14.2. The van der Waals surface area contributed by atoms with Gasteiger partial charge in [0.25, 0.3) is 0 Å². The number of likely N-dealkylation sites (N-methyl/N-ethyl adjacent to an activating group) is 1. The van der Waals surface area contributed by atoms with Crippen molar-refractivity contribution in [3.8, 4) is 0 Å². The van der Waals surface area contributed by atoms with E-state index in [-0.39, 0.29) is 11.8 Å². The summed E-state index contributed by atoms with van der Waals surface area (Å²) in [6, 6.07) is 6.00. The number of benzene rings is 1. The lowest BCUT2D eigenvalue weighted by molar-refractivity contribution is -0.119. The van der Waals surface area contributed by atoms with Gasteiger partial charge in [0, 0.05) is 12.2 Å². The Morgan fingerprint density at radius 1 is 1.30 bits per heavy atom. The van der Waals surface area contributed by atoms with Gasteiger partial charge >= 0.3 is 0 Å². The van der Waals surface area contributed by atoms with Crippen LogP contribution in [-0.4, -0.2) is 17.6 Å². The van der Waals surface area contributed by atoms with E-state index in [9.17, 15) is 9.90 Å². The molecule has 2 rings (SSSR count). The van der Waals surface area contributed by atoms with Crippen LogP contribution in [0.3, 0.4) is 0 Å². The van der Waals surface area contributed by atoms with Crippen LogP contribution in [0.5, 0.6) is 0 Å². The number of carbonyl (C=O) groups is 1. The van der Waals surface area contributed by atoms with Gasteiger partial charge in [-0.2, -0.15) is 0 Å². The number of nitrogens with zero attached hydrogens (tertiary/aromatic N) is 1. The lowest BCUT2D eigenvalue weighted by Gasteiger charge is -2.16. The number of fused-ring (bicyclic) bond motifs is 1. The number of unbranched alkanes of at least 4 members (excludes halogenated alkanes) is 1. The molecule has 0 bridgehead atoms. The minimum absolute atomic E-state index is 0.0386. The molecule has 1 amide bonds. The van der Waals surface area contributed by atoms with E-state index in [0.717, 1.165) is 42.5 Å². The number of amides is 1. The monoisotopic (exact) mass is 275 g/mol. The molecule has 0 aromatic heterocycles. The Morgan fingerprint density at radius 2 is 2.05 bits per heavy atom. The van der Waals surface area contributed by atoms with Crippen molar-refractivity contribution in [3.63, 3.8) is 0 Å². The first-order chi connectivity index (χ1) is 9.63. The molecule has 20 heavy (non-hydrogen) atoms. The Morgan fingerprint density at radius 3 is 2.65 bits per heavy atom. The molecule has 3 nitrogen and oxygen atoms in total. The fraction of sp³-hybridized carbons (Fsp3) is 0.588. The van der Waals surface area contributed by atoms with Gasteiger partial charge in [0.2, 0.25) is 5.91 Å². The van der Waals surface area contributed by atoms with Gasteiger partial charge in [-0.05, 0) is 37.0 Å². The van der Waals surface area contributed by atoms with Crippen molar-refractivity contribution in [3.05, 3.63) is 29.3 Å². The fourth-order valence-electron chi connectivity index (χ4n) is 3.03. The first-order valence-corrected chi connectivity index (χ1v) is 7.77. The lowest BCUT2D eigenvalue weighted by Crippen LogP contribution is -2.28. The van der Waals surface area contributed by atoms with E-state index in [1.165, 1.54) is 0 Å². The molecule has 0 saturated carbocycles. The molecular formula is C17H25NO2. The molecule has 0 fully saturated rings. The van der Waals surface area contributed by atoms with Crippen molar-refractivity contribution in [1.82, 2.24) is 0 Å². The zero-order valence-electron chi connectivity index (χ0n) is 12.7. The number of hydrogen-bond acceptors (Lipinski definition) is 2. The van der Waals surface area contributed by atoms with Crippen molar-refractivity contribution in [2.45, 2.75) is 58.5 Å². The highest BCUT2D eigenvalue weighted by atomic mass is 16.3. The molecule has 2 unspecified atom stereocenters. The Bertz CT molecular complexity index is 484. The predicted octanol–water partition coefficient (Wildman–Crippen LogP) is 3.77. The third kappa shape index (κ3) is 2.59. The zero-order valence-corrected chi connectivity index (χ0v) is 12.7. The quantitative estimate of drug-likeness (QED) is 0.858. The smallest absolute Gasteiger partial charge is 0.234 e. The molecule has 0 radical (unpaired) electrons. The maximum Gasteiger partial charge on any atom is 0.234 e. The first kappa shape index (κ1) is 15.0. The van der Waals surface area contributed by atoms with Crippen LogP contribution in [0.25, 0.3) is 0 Å². The van der Waals surface area contributed by atoms with E-state index < -0.39 is 6.10 Å². The van der Waals surface area contributed by atoms with Crippen molar-refractivity contribution in [2.75, 3.05) is 11.4 Å². The van der Waals surface area contributed by atoms with Crippen molar-refractivity contribution in [1.29, 1.82) is 0 Å². The lowest BCUT2D eigenvalue weighted by atomic mass is 9.94. The SMILES string of the molecule is CCCCC(O)c1ccc2c(c1)C(CC)C(=O)N2CC. The number of carbonyl (C=O) groups excluding carboxylic acids is 1. The summed E-state index contributed by atoms with van der Waals surface area (Å²) in [5, 5.41) is 10.2. The molecule has 3 heteroatoms. The van der Waals surface area contributed by atoms with Crippen LogP contribution in [0.4, 0.5) is 5.69 Å². The normalized spacial score (nSPS) is 19.3. The summed E-state index contributed by atoms with van der Waals surface area (Å²) in [6.45, 7) is 6.88. The highest BCUT2D eigenvalue weighted by Gasteiger charge is 2.35. The number of hydrogen-bond donors (Lipinski definition) is 1. The molecule has 110 valence electrons. The molecule has 1 N–H and O–H groups in total. The Labute approximate surface area is 121 Å². The summed E-state index contributed by atoms with van der Waals surface area (Å²) < 4.78 is 0. The molecule has 0 saturated heterocycles. The standard InChI is InChI=1S/C17H25NO2/c1-4-7-8-16(19)12-9-10-15-14(11-12)13(5-2)17(20)18(15)6-3/h9-11,13,16,19H,4-8H2,1-3H3. The summed E-state index contributed by atoms with van der Waals surface area (Å²) in [6.07, 6.45) is 3.30. The second kappa shape index (κ2) is 6.40. The van der Waals surface area contributed by atoms with Crippen molar-refractivity contribution < 1.29 is 9.90 Å². The molecule has 1 aliphatic rings. The van der Waals surface area contributed by atoms with E-state index >= 15 is 0 Å². The van der Waals surface area contributed by atoms with E-state index in [4.69, 9.17) is 0 Å². The van der Waals surface area contributed by atoms with Gasteiger partial charge in [0.15, 0.2) is 0 Å². The highest BCUT2D eigenvalue weighted by molar-refractivity contribution is 6.04. The van der Waals surface area contributed by atoms with Crippen LogP contribution < -0.4 is 4.90 Å². The Hall–Kier alpha value is -1.35. The van der Waals surface area contributed by atoms with Gasteiger partial charge in [0.05, 0.1) is 12.0 Å². The molecular weight excluding hydrogens is 250 g/mol. The zero-order chi connectivity index (χ0) is 14.7. The van der Waals surface area contributed by atoms with Crippen LogP contribution in [-0.2, 0) is 4.79 Å². The summed E-state index contributed by atoms with van der Waals surface area (Å²) in [5.74, 6) is 0.161. The topological polar surface area (TPSA) is 40.5 Å². The van der Waals surface area contributed by atoms with Gasteiger partial charge in [-0.25, -0.2) is 0 Å². The van der Waals surface area contributed by atoms with Gasteiger partial charge in [-0.1, -0.05) is 38.8 Å². The van der Waals surface area contributed by atoms with Crippen molar-refractivity contribution in [2.24, 2.45) is 0 Å². The van der Waals surface area contributed by atoms with Gasteiger partial charge in [-0.15, -0.1) is 0 Å². The van der Waals surface area contributed by atoms with Gasteiger partial charge < -0.3 is 10.0 Å². The van der Waals surface area contributed by atoms with E-state index in [0.29, 0.717) is 6.54 Å². The largest absolute Gasteiger partial charge is 0.388 e. The summed E-state index contributed by atoms with van der Waals surface area (Å²) in [7, 11) is 0. The van der Waals surface area contributed by atoms with Gasteiger partial charge in [-0.3, -0.25) is 4.79 Å². The summed E-state index contributed by atoms with van der Waals surface area (Å²) in [5.41, 5.74) is 3.06. The Balaban J connectivity index is 2.31. The molecule has 0 spiro atoms. The molecule has 2 atom stereocenters. The number of aliphatic hydroxyl groups is 1. The predicted molar refractivity (Wildman–Crippen MR) is 82.0 cm³/mol. The molecule has 1 aliphatic heterocycles. The van der Waals surface area contributed by atoms with Crippen molar-refractivity contribution >= 4 is 11.6 Å². The third-order valence-electron chi connectivity index (χ3n) is 4.22. The maximum absolute atomic E-state index is 12.3. The molecule has 0 aliphatic carbocycles. The maximum atomic E-state index is 12.3. The number of rotatable bonds is 6. The number of aliphatic hydroxyl groups excluding tert-OH is 1. The van der Waals surface area contributed by atoms with E-state index in [1.54, 1.807) is 0 Å². The average Bonchev–Trinajstić information content (AvgIpc) is 2.74. The minimum atomic E-state index is -0.413. The molecule has 1 aromatic carbocycles. The fourth-order valence-corrected chi connectivity index (χ4v) is 3.03. The first-order valence-electron chi connectivity index (χ1n) is 7.77. The van der Waals surface area contributed by atoms with E-state index in [2.05, 4.69) is 6.92 Å². The van der Waals surface area contributed by atoms with Crippen LogP contribution in [0, 0.1) is 0 Å². The van der Waals surface area contributed by atoms with Crippen LogP contribution >= 0.6 is 0 Å². The average molecular weight is 275 g/mol. The second-order valence-electron chi connectivity index (χ2n) is 5.52. The highest BCUT2D eigenvalue weighted by Crippen LogP contribution is 2.40. The van der Waals surface area contributed by atoms with Crippen LogP contribution in [0.2, 0.25) is 0 Å². The van der Waals surface area contributed by atoms with Crippen LogP contribution in [0.15, 0.2) is 18.2 Å². The van der Waals surface area contributed by atoms with Crippen LogP contribution in [0.1, 0.15) is 69.6 Å². The second-order valence-corrected chi connectivity index (χ2v) is 5.52. The third-order valence-corrected chi connectivity index (χ3v) is 4.22. The molecule has 1 aromatic rings. The van der Waals surface area contributed by atoms with Gasteiger partial charge in [0.1, 0.15) is 0 Å². The minimum Gasteiger partial charge on any atom is -0.388 e. The molecule has 1 heterocycles. The summed E-state index contributed by atoms with van der Waals surface area (Å²) >= 11 is 0. The Kier molecular flexibility index (Phi) is 4.81. The number of anilines is 1. The van der Waals surface area contributed by atoms with E-state index in [1.807, 2.05) is 36.9 Å².